The molecule has 8 heteroatoms. The van der Waals surface area contributed by atoms with E-state index in [0.29, 0.717) is 44.5 Å². The second-order valence-corrected chi connectivity index (χ2v) is 8.67. The summed E-state index contributed by atoms with van der Waals surface area (Å²) in [5.74, 6) is 1.03. The highest BCUT2D eigenvalue weighted by Crippen LogP contribution is 2.32. The fourth-order valence-electron chi connectivity index (χ4n) is 3.51. The smallest absolute Gasteiger partial charge is 0.241 e. The topological polar surface area (TPSA) is 78.3 Å². The third-order valence-electron chi connectivity index (χ3n) is 5.02. The largest absolute Gasteiger partial charge is 0.486 e. The fourth-order valence-corrected chi connectivity index (χ4v) is 4.75. The minimum atomic E-state index is -3.72. The fraction of sp³-hybridized carbons (Fsp3) is 0.400. The molecule has 28 heavy (non-hydrogen) atoms. The number of hydrogen-bond donors (Lipinski definition) is 2. The molecule has 1 fully saturated rings. The lowest BCUT2D eigenvalue weighted by atomic mass is 10.1. The molecule has 2 aromatic carbocycles. The first-order valence-corrected chi connectivity index (χ1v) is 11.0. The van der Waals surface area contributed by atoms with Crippen LogP contribution in [0.25, 0.3) is 0 Å². The summed E-state index contributed by atoms with van der Waals surface area (Å²) in [5.41, 5.74) is 0.947. The first-order valence-electron chi connectivity index (χ1n) is 9.50. The summed E-state index contributed by atoms with van der Waals surface area (Å²) in [5, 5.41) is 0. The summed E-state index contributed by atoms with van der Waals surface area (Å²) in [7, 11) is -3.72. The number of rotatable bonds is 6. The van der Waals surface area contributed by atoms with Gasteiger partial charge in [0.2, 0.25) is 10.0 Å². The Bertz CT molecular complexity index is 898. The van der Waals surface area contributed by atoms with Crippen molar-refractivity contribution in [2.24, 2.45) is 0 Å². The first kappa shape index (κ1) is 19.2. The molecule has 2 aliphatic rings. The number of ether oxygens (including phenoxy) is 3. The van der Waals surface area contributed by atoms with E-state index in [1.165, 1.54) is 11.0 Å². The molecule has 2 heterocycles. The van der Waals surface area contributed by atoms with Crippen LogP contribution < -0.4 is 19.1 Å². The van der Waals surface area contributed by atoms with Crippen LogP contribution in [0.3, 0.4) is 0 Å². The molecule has 2 aromatic rings. The summed E-state index contributed by atoms with van der Waals surface area (Å²) >= 11 is 0. The number of sulfonamides is 1. The molecule has 0 aliphatic carbocycles. The molecule has 2 aliphatic heterocycles. The Morgan fingerprint density at radius 3 is 2.39 bits per heavy atom. The van der Waals surface area contributed by atoms with Gasteiger partial charge in [0.1, 0.15) is 26.3 Å². The highest BCUT2D eigenvalue weighted by molar-refractivity contribution is 7.89. The van der Waals surface area contributed by atoms with Crippen molar-refractivity contribution in [3.8, 4) is 11.5 Å². The lowest BCUT2D eigenvalue weighted by molar-refractivity contribution is -0.909. The van der Waals surface area contributed by atoms with Gasteiger partial charge in [-0.2, -0.15) is 4.72 Å². The van der Waals surface area contributed by atoms with E-state index < -0.39 is 10.0 Å². The molecule has 2 N–H and O–H groups in total. The van der Waals surface area contributed by atoms with Crippen molar-refractivity contribution < 1.29 is 27.5 Å². The average Bonchev–Trinajstić information content (AvgIpc) is 2.74. The van der Waals surface area contributed by atoms with Gasteiger partial charge >= 0.3 is 0 Å². The molecule has 1 atom stereocenters. The summed E-state index contributed by atoms with van der Waals surface area (Å²) < 4.78 is 45.5. The van der Waals surface area contributed by atoms with Crippen LogP contribution in [0, 0.1) is 0 Å². The third-order valence-corrected chi connectivity index (χ3v) is 6.49. The standard InChI is InChI=1S/C20H24N2O5S/c23-28(24,17-6-7-19-20(14-17)27-13-12-26-19)21-18(16-4-2-1-3-5-16)15-22-8-10-25-11-9-22/h1-7,14,18,21H,8-13,15H2/p+1/t18-/m0/s1. The van der Waals surface area contributed by atoms with Crippen molar-refractivity contribution in [3.63, 3.8) is 0 Å². The molecular formula is C20H25N2O5S+. The number of morpholine rings is 1. The van der Waals surface area contributed by atoms with E-state index in [1.807, 2.05) is 30.3 Å². The monoisotopic (exact) mass is 405 g/mol. The lowest BCUT2D eigenvalue weighted by Crippen LogP contribution is -3.14. The van der Waals surface area contributed by atoms with Gasteiger partial charge in [-0.15, -0.1) is 0 Å². The molecule has 0 unspecified atom stereocenters. The maximum absolute atomic E-state index is 13.1. The van der Waals surface area contributed by atoms with Gasteiger partial charge in [-0.05, 0) is 17.7 Å². The zero-order valence-electron chi connectivity index (χ0n) is 15.6. The van der Waals surface area contributed by atoms with E-state index in [-0.39, 0.29) is 10.9 Å². The predicted molar refractivity (Wildman–Crippen MR) is 103 cm³/mol. The maximum atomic E-state index is 13.1. The number of nitrogens with one attached hydrogen (secondary N) is 2. The van der Waals surface area contributed by atoms with Gasteiger partial charge < -0.3 is 19.1 Å². The highest BCUT2D eigenvalue weighted by atomic mass is 32.2. The van der Waals surface area contributed by atoms with Crippen LogP contribution in [0.2, 0.25) is 0 Å². The van der Waals surface area contributed by atoms with Crippen molar-refractivity contribution in [2.45, 2.75) is 10.9 Å². The van der Waals surface area contributed by atoms with Gasteiger partial charge in [0.15, 0.2) is 11.5 Å². The number of quaternary nitrogens is 1. The predicted octanol–water partition coefficient (Wildman–Crippen LogP) is 0.393. The van der Waals surface area contributed by atoms with E-state index >= 15 is 0 Å². The van der Waals surface area contributed by atoms with Gasteiger partial charge in [0, 0.05) is 6.07 Å². The quantitative estimate of drug-likeness (QED) is 0.727. The Morgan fingerprint density at radius 2 is 1.64 bits per heavy atom. The van der Waals surface area contributed by atoms with Crippen molar-refractivity contribution in [3.05, 3.63) is 54.1 Å². The number of benzene rings is 2. The van der Waals surface area contributed by atoms with Crippen LogP contribution in [0.4, 0.5) is 0 Å². The zero-order valence-corrected chi connectivity index (χ0v) is 16.4. The van der Waals surface area contributed by atoms with Crippen LogP contribution in [-0.4, -0.2) is 54.5 Å². The van der Waals surface area contributed by atoms with Crippen LogP contribution in [0.1, 0.15) is 11.6 Å². The molecule has 0 aromatic heterocycles. The normalized spacial score (nSPS) is 18.6. The van der Waals surface area contributed by atoms with E-state index in [0.717, 1.165) is 18.7 Å². The molecule has 0 bridgehead atoms. The number of hydrogen-bond acceptors (Lipinski definition) is 5. The molecule has 0 radical (unpaired) electrons. The van der Waals surface area contributed by atoms with Crippen molar-refractivity contribution in [1.29, 1.82) is 0 Å². The van der Waals surface area contributed by atoms with Gasteiger partial charge in [0.25, 0.3) is 0 Å². The Hall–Kier alpha value is -2.13. The number of fused-ring (bicyclic) bond motifs is 1. The van der Waals surface area contributed by atoms with Crippen LogP contribution >= 0.6 is 0 Å². The van der Waals surface area contributed by atoms with Crippen molar-refractivity contribution in [2.75, 3.05) is 46.1 Å². The zero-order chi connectivity index (χ0) is 19.4. The summed E-state index contributed by atoms with van der Waals surface area (Å²) in [6.45, 7) is 4.69. The molecule has 0 saturated carbocycles. The van der Waals surface area contributed by atoms with E-state index in [1.54, 1.807) is 12.1 Å². The van der Waals surface area contributed by atoms with Gasteiger partial charge in [-0.1, -0.05) is 30.3 Å². The molecule has 0 amide bonds. The minimum absolute atomic E-state index is 0.176. The van der Waals surface area contributed by atoms with Crippen LogP contribution in [0.5, 0.6) is 11.5 Å². The Kier molecular flexibility index (Phi) is 5.82. The van der Waals surface area contributed by atoms with Crippen LogP contribution in [0.15, 0.2) is 53.4 Å². The van der Waals surface area contributed by atoms with Gasteiger partial charge in [0.05, 0.1) is 30.7 Å². The second kappa shape index (κ2) is 8.48. The SMILES string of the molecule is O=S(=O)(N[C@@H](C[NH+]1CCOCC1)c1ccccc1)c1ccc2c(c1)OCCO2. The average molecular weight is 405 g/mol. The summed E-state index contributed by atoms with van der Waals surface area (Å²) in [6, 6.07) is 14.1. The van der Waals surface area contributed by atoms with E-state index in [4.69, 9.17) is 14.2 Å². The summed E-state index contributed by atoms with van der Waals surface area (Å²) in [4.78, 5) is 1.50. The summed E-state index contributed by atoms with van der Waals surface area (Å²) in [6.07, 6.45) is 0. The highest BCUT2D eigenvalue weighted by Gasteiger charge is 2.27. The van der Waals surface area contributed by atoms with Gasteiger partial charge in [-0.25, -0.2) is 8.42 Å². The Labute approximate surface area is 165 Å². The van der Waals surface area contributed by atoms with Gasteiger partial charge in [-0.3, -0.25) is 0 Å². The molecule has 4 rings (SSSR count). The Balaban J connectivity index is 1.57. The molecule has 0 spiro atoms. The van der Waals surface area contributed by atoms with Crippen molar-refractivity contribution >= 4 is 10.0 Å². The first-order chi connectivity index (χ1) is 13.6. The molecule has 1 saturated heterocycles. The van der Waals surface area contributed by atoms with Crippen molar-refractivity contribution in [1.82, 2.24) is 4.72 Å². The minimum Gasteiger partial charge on any atom is -0.486 e. The molecule has 150 valence electrons. The Morgan fingerprint density at radius 1 is 0.929 bits per heavy atom. The van der Waals surface area contributed by atoms with E-state index in [2.05, 4.69) is 4.72 Å². The third kappa shape index (κ3) is 4.47. The molecule has 7 nitrogen and oxygen atoms in total. The lowest BCUT2D eigenvalue weighted by Gasteiger charge is -2.28. The maximum Gasteiger partial charge on any atom is 0.241 e. The van der Waals surface area contributed by atoms with E-state index in [9.17, 15) is 8.42 Å². The molecular weight excluding hydrogens is 380 g/mol. The second-order valence-electron chi connectivity index (χ2n) is 6.96. The van der Waals surface area contributed by atoms with Crippen LogP contribution in [-0.2, 0) is 14.8 Å².